The van der Waals surface area contributed by atoms with E-state index in [9.17, 15) is 0 Å². The summed E-state index contributed by atoms with van der Waals surface area (Å²) in [5.41, 5.74) is 0. The number of hydrogen-bond donors (Lipinski definition) is 1. The van der Waals surface area contributed by atoms with E-state index in [2.05, 4.69) is 41.0 Å². The lowest BCUT2D eigenvalue weighted by molar-refractivity contribution is 0.0195. The molecule has 2 aliphatic heterocycles. The van der Waals surface area contributed by atoms with Crippen LogP contribution in [0.2, 0.25) is 0 Å². The van der Waals surface area contributed by atoms with Crippen molar-refractivity contribution in [2.24, 2.45) is 4.99 Å². The van der Waals surface area contributed by atoms with Crippen LogP contribution in [0, 0.1) is 0 Å². The number of rotatable bonds is 10. The first-order chi connectivity index (χ1) is 12.7. The number of nitrogens with one attached hydrogen (secondary N) is 1. The van der Waals surface area contributed by atoms with Crippen molar-refractivity contribution >= 4 is 5.96 Å². The third-order valence-electron chi connectivity index (χ3n) is 5.38. The van der Waals surface area contributed by atoms with Gasteiger partial charge in [-0.25, -0.2) is 0 Å². The second kappa shape index (κ2) is 12.5. The molecule has 2 saturated heterocycles. The molecule has 26 heavy (non-hydrogen) atoms. The summed E-state index contributed by atoms with van der Waals surface area (Å²) in [6, 6.07) is 0.666. The van der Waals surface area contributed by atoms with Crippen LogP contribution in [-0.4, -0.2) is 99.8 Å². The largest absolute Gasteiger partial charge is 0.379 e. The van der Waals surface area contributed by atoms with Crippen LogP contribution >= 0.6 is 0 Å². The Labute approximate surface area is 160 Å². The Balaban J connectivity index is 1.66. The van der Waals surface area contributed by atoms with Crippen LogP contribution in [-0.2, 0) is 4.74 Å². The van der Waals surface area contributed by atoms with Crippen LogP contribution in [0.3, 0.4) is 0 Å². The first-order valence-electron chi connectivity index (χ1n) is 10.7. The molecule has 1 unspecified atom stereocenters. The van der Waals surface area contributed by atoms with Crippen molar-refractivity contribution in [3.05, 3.63) is 0 Å². The maximum Gasteiger partial charge on any atom is 0.193 e. The first-order valence-corrected chi connectivity index (χ1v) is 10.7. The number of unbranched alkanes of at least 4 members (excludes halogenated alkanes) is 4. The summed E-state index contributed by atoms with van der Waals surface area (Å²) in [4.78, 5) is 12.2. The van der Waals surface area contributed by atoms with Crippen LogP contribution in [0.1, 0.15) is 45.4 Å². The molecule has 2 rings (SSSR count). The van der Waals surface area contributed by atoms with Gasteiger partial charge in [-0.2, -0.15) is 0 Å². The molecule has 1 N–H and O–H groups in total. The SMILES string of the molecule is CCNC(=NCCCCCCCN(C)C)N1CCC(N2CCOCC2)C1. The highest BCUT2D eigenvalue weighted by atomic mass is 16.5. The van der Waals surface area contributed by atoms with Crippen LogP contribution in [0.5, 0.6) is 0 Å². The minimum absolute atomic E-state index is 0.666. The number of ether oxygens (including phenoxy) is 1. The average Bonchev–Trinajstić information content (AvgIpc) is 3.13. The lowest BCUT2D eigenvalue weighted by atomic mass is 10.1. The van der Waals surface area contributed by atoms with E-state index in [1.807, 2.05) is 0 Å². The van der Waals surface area contributed by atoms with Crippen molar-refractivity contribution in [1.82, 2.24) is 20.0 Å². The van der Waals surface area contributed by atoms with E-state index >= 15 is 0 Å². The molecule has 0 saturated carbocycles. The fourth-order valence-corrected chi connectivity index (χ4v) is 3.86. The predicted octanol–water partition coefficient (Wildman–Crippen LogP) is 1.87. The molecule has 1 atom stereocenters. The Hall–Kier alpha value is -0.850. The van der Waals surface area contributed by atoms with E-state index < -0.39 is 0 Å². The molecule has 0 aliphatic carbocycles. The Morgan fingerprint density at radius 1 is 1.08 bits per heavy atom. The Kier molecular flexibility index (Phi) is 10.3. The third-order valence-corrected chi connectivity index (χ3v) is 5.38. The Morgan fingerprint density at radius 3 is 2.54 bits per heavy atom. The summed E-state index contributed by atoms with van der Waals surface area (Å²) >= 11 is 0. The van der Waals surface area contributed by atoms with Crippen molar-refractivity contribution < 1.29 is 4.74 Å². The molecule has 152 valence electrons. The van der Waals surface area contributed by atoms with Gasteiger partial charge in [-0.15, -0.1) is 0 Å². The van der Waals surface area contributed by atoms with Crippen LogP contribution in [0.4, 0.5) is 0 Å². The molecule has 0 spiro atoms. The molecule has 2 fully saturated rings. The standard InChI is InChI=1S/C20H41N5O/c1-4-21-20(22-11-8-6-5-7-9-12-23(2)3)25-13-10-19(18-25)24-14-16-26-17-15-24/h19H,4-18H2,1-3H3,(H,21,22). The minimum Gasteiger partial charge on any atom is -0.379 e. The van der Waals surface area contributed by atoms with Gasteiger partial charge in [0.2, 0.25) is 0 Å². The van der Waals surface area contributed by atoms with Gasteiger partial charge in [0.05, 0.1) is 13.2 Å². The van der Waals surface area contributed by atoms with Gasteiger partial charge in [-0.05, 0) is 46.8 Å². The molecular formula is C20H41N5O. The zero-order chi connectivity index (χ0) is 18.6. The summed E-state index contributed by atoms with van der Waals surface area (Å²) < 4.78 is 5.49. The third kappa shape index (κ3) is 7.80. The molecule has 2 aliphatic rings. The molecule has 2 heterocycles. The van der Waals surface area contributed by atoms with Crippen molar-refractivity contribution in [3.63, 3.8) is 0 Å². The van der Waals surface area contributed by atoms with Crippen molar-refractivity contribution in [3.8, 4) is 0 Å². The second-order valence-electron chi connectivity index (χ2n) is 7.84. The maximum atomic E-state index is 5.49. The molecule has 0 aromatic carbocycles. The second-order valence-corrected chi connectivity index (χ2v) is 7.84. The summed E-state index contributed by atoms with van der Waals surface area (Å²) in [7, 11) is 4.30. The van der Waals surface area contributed by atoms with E-state index in [4.69, 9.17) is 9.73 Å². The monoisotopic (exact) mass is 367 g/mol. The van der Waals surface area contributed by atoms with Gasteiger partial charge in [-0.1, -0.05) is 19.3 Å². The number of guanidine groups is 1. The molecule has 6 nitrogen and oxygen atoms in total. The van der Waals surface area contributed by atoms with Gasteiger partial charge in [0, 0.05) is 45.3 Å². The number of morpholine rings is 1. The van der Waals surface area contributed by atoms with Gasteiger partial charge in [0.25, 0.3) is 0 Å². The zero-order valence-corrected chi connectivity index (χ0v) is 17.4. The predicted molar refractivity (Wildman–Crippen MR) is 110 cm³/mol. The highest BCUT2D eigenvalue weighted by molar-refractivity contribution is 5.80. The van der Waals surface area contributed by atoms with Crippen molar-refractivity contribution in [2.75, 3.05) is 73.1 Å². The molecule has 0 aromatic rings. The summed E-state index contributed by atoms with van der Waals surface area (Å²) in [5.74, 6) is 1.12. The molecule has 0 bridgehead atoms. The van der Waals surface area contributed by atoms with Crippen molar-refractivity contribution in [2.45, 2.75) is 51.5 Å². The summed E-state index contributed by atoms with van der Waals surface area (Å²) in [6.45, 7) is 11.4. The normalized spacial score (nSPS) is 22.4. The smallest absolute Gasteiger partial charge is 0.193 e. The Morgan fingerprint density at radius 2 is 1.81 bits per heavy atom. The minimum atomic E-state index is 0.666. The zero-order valence-electron chi connectivity index (χ0n) is 17.4. The van der Waals surface area contributed by atoms with E-state index in [1.54, 1.807) is 0 Å². The van der Waals surface area contributed by atoms with Crippen molar-refractivity contribution in [1.29, 1.82) is 0 Å². The number of hydrogen-bond acceptors (Lipinski definition) is 4. The van der Waals surface area contributed by atoms with Gasteiger partial charge in [-0.3, -0.25) is 9.89 Å². The van der Waals surface area contributed by atoms with E-state index in [-0.39, 0.29) is 0 Å². The highest BCUT2D eigenvalue weighted by Gasteiger charge is 2.30. The highest BCUT2D eigenvalue weighted by Crippen LogP contribution is 2.17. The van der Waals surface area contributed by atoms with Gasteiger partial charge >= 0.3 is 0 Å². The van der Waals surface area contributed by atoms with Crippen LogP contribution in [0.15, 0.2) is 4.99 Å². The van der Waals surface area contributed by atoms with Gasteiger partial charge in [0.1, 0.15) is 0 Å². The number of aliphatic imine (C=N–C) groups is 1. The lowest BCUT2D eigenvalue weighted by Crippen LogP contribution is -2.46. The fraction of sp³-hybridized carbons (Fsp3) is 0.950. The van der Waals surface area contributed by atoms with Gasteiger partial charge < -0.3 is 19.9 Å². The Bertz CT molecular complexity index is 396. The van der Waals surface area contributed by atoms with E-state index in [0.29, 0.717) is 6.04 Å². The topological polar surface area (TPSA) is 43.3 Å². The molecule has 0 radical (unpaired) electrons. The molecule has 6 heteroatoms. The summed E-state index contributed by atoms with van der Waals surface area (Å²) in [6.07, 6.45) is 7.74. The van der Waals surface area contributed by atoms with Crippen LogP contribution in [0.25, 0.3) is 0 Å². The van der Waals surface area contributed by atoms with Gasteiger partial charge in [0.15, 0.2) is 5.96 Å². The molecule has 0 aromatic heterocycles. The van der Waals surface area contributed by atoms with E-state index in [0.717, 1.165) is 58.4 Å². The molecular weight excluding hydrogens is 326 g/mol. The number of nitrogens with zero attached hydrogens (tertiary/aromatic N) is 4. The lowest BCUT2D eigenvalue weighted by Gasteiger charge is -2.32. The quantitative estimate of drug-likeness (QED) is 0.363. The van der Waals surface area contributed by atoms with Crippen LogP contribution < -0.4 is 5.32 Å². The first kappa shape index (κ1) is 21.5. The fourth-order valence-electron chi connectivity index (χ4n) is 3.86. The maximum absolute atomic E-state index is 5.49. The van der Waals surface area contributed by atoms with E-state index in [1.165, 1.54) is 45.1 Å². The number of likely N-dealkylation sites (tertiary alicyclic amines) is 1. The average molecular weight is 368 g/mol. The summed E-state index contributed by atoms with van der Waals surface area (Å²) in [5, 5.41) is 3.50. The molecule has 0 amide bonds.